The minimum absolute atomic E-state index is 0.242. The van der Waals surface area contributed by atoms with Crippen LogP contribution in [0.4, 0.5) is 5.82 Å². The molecule has 0 amide bonds. The molecule has 1 saturated heterocycles. The Morgan fingerprint density at radius 2 is 1.71 bits per heavy atom. The van der Waals surface area contributed by atoms with Crippen LogP contribution in [0.15, 0.2) is 43.0 Å². The van der Waals surface area contributed by atoms with Gasteiger partial charge in [0.1, 0.15) is 24.6 Å². The summed E-state index contributed by atoms with van der Waals surface area (Å²) in [7, 11) is -10.9. The van der Waals surface area contributed by atoms with Crippen molar-refractivity contribution in [3.8, 4) is 0 Å². The van der Waals surface area contributed by atoms with Crippen LogP contribution in [-0.4, -0.2) is 74.2 Å². The van der Waals surface area contributed by atoms with Crippen LogP contribution < -0.4 is 5.32 Å². The fourth-order valence-corrected chi connectivity index (χ4v) is 7.30. The van der Waals surface area contributed by atoms with Gasteiger partial charge in [-0.15, -0.1) is 0 Å². The largest absolute Gasteiger partial charge is 0.488 e. The Morgan fingerprint density at radius 3 is 2.39 bits per heavy atom. The summed E-state index contributed by atoms with van der Waals surface area (Å²) in [6.45, 7) is -5.18. The average Bonchev–Trinajstić information content (AvgIpc) is 3.36. The molecule has 7 N–H and O–H groups in total. The second-order valence-corrected chi connectivity index (χ2v) is 13.7. The topological polar surface area (TPSA) is 248 Å². The van der Waals surface area contributed by atoms with E-state index >= 15 is 0 Å². The summed E-state index contributed by atoms with van der Waals surface area (Å²) in [6.07, 6.45) is -3.34. The molecule has 1 aliphatic heterocycles. The van der Waals surface area contributed by atoms with E-state index in [9.17, 15) is 29.1 Å². The maximum atomic E-state index is 12.0. The van der Waals surface area contributed by atoms with Gasteiger partial charge >= 0.3 is 22.4 Å². The van der Waals surface area contributed by atoms with Gasteiger partial charge in [0.15, 0.2) is 23.2 Å². The second-order valence-electron chi connectivity index (χ2n) is 7.82. The van der Waals surface area contributed by atoms with Crippen LogP contribution in [0.5, 0.6) is 0 Å². The van der Waals surface area contributed by atoms with Crippen LogP contribution in [0, 0.1) is 0 Å². The Labute approximate surface area is 219 Å². The highest BCUT2D eigenvalue weighted by Gasteiger charge is 2.46. The molecule has 0 bridgehead atoms. The number of phosphoric acid groups is 2. The van der Waals surface area contributed by atoms with Gasteiger partial charge < -0.3 is 39.8 Å². The predicted octanol–water partition coefficient (Wildman–Crippen LogP) is 0.517. The number of aromatic nitrogens is 4. The van der Waals surface area contributed by atoms with Gasteiger partial charge in [-0.25, -0.2) is 28.4 Å². The van der Waals surface area contributed by atoms with Crippen molar-refractivity contribution in [2.24, 2.45) is 0 Å². The molecule has 0 aliphatic carbocycles. The van der Waals surface area contributed by atoms with Crippen molar-refractivity contribution >= 4 is 51.2 Å². The molecule has 21 heteroatoms. The molecule has 208 valence electrons. The molecule has 3 heterocycles. The van der Waals surface area contributed by atoms with Crippen molar-refractivity contribution in [3.63, 3.8) is 0 Å². The Morgan fingerprint density at radius 1 is 1.00 bits per heavy atom. The molecule has 2 unspecified atom stereocenters. The van der Waals surface area contributed by atoms with Crippen LogP contribution in [0.3, 0.4) is 0 Å². The van der Waals surface area contributed by atoms with Crippen LogP contribution >= 0.6 is 22.4 Å². The van der Waals surface area contributed by atoms with E-state index in [1.54, 1.807) is 0 Å². The van der Waals surface area contributed by atoms with Crippen LogP contribution in [0.2, 0.25) is 0 Å². The van der Waals surface area contributed by atoms with Crippen LogP contribution in [-0.2, 0) is 45.4 Å². The van der Waals surface area contributed by atoms with Crippen molar-refractivity contribution in [1.82, 2.24) is 19.5 Å². The Balaban J connectivity index is 1.44. The third-order valence-electron chi connectivity index (χ3n) is 5.09. The SMILES string of the molecule is O=P(O)(OC[C@H]1O[C@@H](n2cnc3c(NCc4ccccc4)ncnc32)[C@H](O)[C@@H]1O)OP(=O)(O)OP(O)(O)=S. The number of imidazole rings is 1. The molecule has 2 aromatic heterocycles. The quantitative estimate of drug-likeness (QED) is 0.146. The van der Waals surface area contributed by atoms with E-state index in [0.29, 0.717) is 17.9 Å². The molecule has 1 aromatic carbocycles. The van der Waals surface area contributed by atoms with Crippen molar-refractivity contribution < 1.29 is 56.8 Å². The maximum Gasteiger partial charge on any atom is 0.488 e. The first-order chi connectivity index (χ1) is 17.7. The highest BCUT2D eigenvalue weighted by atomic mass is 32.5. The summed E-state index contributed by atoms with van der Waals surface area (Å²) in [6, 6.07) is 9.51. The summed E-state index contributed by atoms with van der Waals surface area (Å²) in [5, 5.41) is 24.1. The summed E-state index contributed by atoms with van der Waals surface area (Å²) in [4.78, 5) is 49.5. The molecule has 4 rings (SSSR count). The number of aliphatic hydroxyl groups is 2. The van der Waals surface area contributed by atoms with Gasteiger partial charge in [0.05, 0.1) is 12.9 Å². The van der Waals surface area contributed by atoms with Crippen LogP contribution in [0.25, 0.3) is 11.2 Å². The lowest BCUT2D eigenvalue weighted by Crippen LogP contribution is -2.33. The number of aliphatic hydroxyl groups excluding tert-OH is 2. The van der Waals surface area contributed by atoms with Crippen molar-refractivity contribution in [2.75, 3.05) is 11.9 Å². The van der Waals surface area contributed by atoms with Crippen molar-refractivity contribution in [3.05, 3.63) is 48.5 Å². The van der Waals surface area contributed by atoms with Crippen molar-refractivity contribution in [2.45, 2.75) is 31.1 Å². The first-order valence-corrected chi connectivity index (χ1v) is 16.1. The van der Waals surface area contributed by atoms with Gasteiger partial charge in [-0.1, -0.05) is 30.3 Å². The van der Waals surface area contributed by atoms with Gasteiger partial charge in [-0.3, -0.25) is 9.09 Å². The zero-order chi connectivity index (χ0) is 27.7. The van der Waals surface area contributed by atoms with Crippen molar-refractivity contribution in [1.29, 1.82) is 0 Å². The molecule has 1 fully saturated rings. The van der Waals surface area contributed by atoms with Gasteiger partial charge in [0.2, 0.25) is 0 Å². The number of benzene rings is 1. The number of nitrogens with one attached hydrogen (secondary N) is 1. The number of ether oxygens (including phenoxy) is 1. The monoisotopic (exact) mass is 613 g/mol. The van der Waals surface area contributed by atoms with E-state index in [0.717, 1.165) is 5.56 Å². The lowest BCUT2D eigenvalue weighted by atomic mass is 10.1. The smallest absolute Gasteiger partial charge is 0.387 e. The van der Waals surface area contributed by atoms with Gasteiger partial charge in [-0.2, -0.15) is 4.31 Å². The normalized spacial score (nSPS) is 25.2. The second kappa shape index (κ2) is 11.4. The summed E-state index contributed by atoms with van der Waals surface area (Å²) in [5.41, 5.74) is 1.58. The number of hydrogen-bond donors (Lipinski definition) is 7. The van der Waals surface area contributed by atoms with E-state index in [2.05, 4.69) is 45.2 Å². The molecule has 1 aliphatic rings. The van der Waals surface area contributed by atoms with E-state index in [1.165, 1.54) is 17.2 Å². The highest BCUT2D eigenvalue weighted by molar-refractivity contribution is 8.08. The molecule has 17 nitrogen and oxygen atoms in total. The van der Waals surface area contributed by atoms with E-state index < -0.39 is 53.5 Å². The lowest BCUT2D eigenvalue weighted by molar-refractivity contribution is -0.0503. The molecule has 0 saturated carbocycles. The third-order valence-corrected chi connectivity index (χ3v) is 9.49. The molecule has 3 aromatic rings. The van der Waals surface area contributed by atoms with Gasteiger partial charge in [-0.05, 0) is 17.4 Å². The summed E-state index contributed by atoms with van der Waals surface area (Å²) in [5.74, 6) is 0.399. The van der Waals surface area contributed by atoms with E-state index in [1.807, 2.05) is 30.3 Å². The number of hydrogen-bond acceptors (Lipinski definition) is 13. The molecular weight excluding hydrogens is 591 g/mol. The van der Waals surface area contributed by atoms with E-state index in [4.69, 9.17) is 14.5 Å². The standard InChI is InChI=1S/C17H22N5O12P3S/c23-13-11(7-31-35(25,26)33-36(27,28)34-37(29,30)38)32-17(14(13)24)22-9-21-12-15(19-8-20-16(12)22)18-6-10-4-2-1-3-5-10/h1-5,8-9,11,13-14,17,23-24H,6-7H2,(H,25,26)(H,27,28)(H,18,19,20)(H2,29,30,38)/t11-,13-,14-,17-/m1/s1. The summed E-state index contributed by atoms with van der Waals surface area (Å²) < 4.78 is 42.9. The highest BCUT2D eigenvalue weighted by Crippen LogP contribution is 2.66. The fourth-order valence-electron chi connectivity index (χ4n) is 3.52. The van der Waals surface area contributed by atoms with Gasteiger partial charge in [0, 0.05) is 6.54 Å². The number of anilines is 1. The Hall–Kier alpha value is -1.72. The number of nitrogens with zero attached hydrogens (tertiary/aromatic N) is 4. The fraction of sp³-hybridized carbons (Fsp3) is 0.353. The van der Waals surface area contributed by atoms with Gasteiger partial charge in [0.25, 0.3) is 0 Å². The number of rotatable bonds is 11. The lowest BCUT2D eigenvalue weighted by Gasteiger charge is -2.19. The number of fused-ring (bicyclic) bond motifs is 1. The summed E-state index contributed by atoms with van der Waals surface area (Å²) >= 11 is 4.01. The average molecular weight is 613 g/mol. The zero-order valence-electron chi connectivity index (χ0n) is 18.9. The Bertz CT molecular complexity index is 1420. The maximum absolute atomic E-state index is 12.0. The Kier molecular flexibility index (Phi) is 8.79. The molecule has 0 spiro atoms. The number of phosphoric ester groups is 1. The first kappa shape index (κ1) is 29.3. The minimum atomic E-state index is -5.51. The third kappa shape index (κ3) is 7.27. The molecule has 6 atom stereocenters. The van der Waals surface area contributed by atoms with Crippen LogP contribution in [0.1, 0.15) is 11.8 Å². The molecular formula is C17H22N5O12P3S. The van der Waals surface area contributed by atoms with E-state index in [-0.39, 0.29) is 5.65 Å². The minimum Gasteiger partial charge on any atom is -0.387 e. The predicted molar refractivity (Wildman–Crippen MR) is 132 cm³/mol. The first-order valence-electron chi connectivity index (χ1n) is 10.5. The zero-order valence-corrected chi connectivity index (χ0v) is 22.4. The molecule has 0 radical (unpaired) electrons. The molecule has 38 heavy (non-hydrogen) atoms.